The fourth-order valence-corrected chi connectivity index (χ4v) is 3.38. The zero-order valence-corrected chi connectivity index (χ0v) is 16.3. The van der Waals surface area contributed by atoms with Crippen molar-refractivity contribution in [2.75, 3.05) is 5.32 Å². The summed E-state index contributed by atoms with van der Waals surface area (Å²) >= 11 is 6.24. The van der Waals surface area contributed by atoms with Crippen LogP contribution in [0.3, 0.4) is 0 Å². The molecule has 1 amide bonds. The van der Waals surface area contributed by atoms with Crippen LogP contribution in [0.1, 0.15) is 15.9 Å². The van der Waals surface area contributed by atoms with E-state index in [0.717, 1.165) is 11.5 Å². The summed E-state index contributed by atoms with van der Waals surface area (Å²) in [4.78, 5) is 17.0. The molecule has 0 saturated carbocycles. The lowest BCUT2D eigenvalue weighted by Gasteiger charge is -2.10. The summed E-state index contributed by atoms with van der Waals surface area (Å²) in [5.41, 5.74) is 0.00354. The molecule has 0 aliphatic heterocycles. The third kappa shape index (κ3) is 3.73. The van der Waals surface area contributed by atoms with Gasteiger partial charge in [0, 0.05) is 30.3 Å². The topological polar surface area (TPSA) is 59.8 Å². The Labute approximate surface area is 174 Å². The van der Waals surface area contributed by atoms with E-state index in [1.807, 2.05) is 6.07 Å². The molecule has 2 aromatic carbocycles. The molecule has 0 radical (unpaired) electrons. The van der Waals surface area contributed by atoms with E-state index in [2.05, 4.69) is 15.4 Å². The molecule has 4 aromatic rings. The number of amides is 1. The summed E-state index contributed by atoms with van der Waals surface area (Å²) in [6, 6.07) is 13.3. The maximum atomic E-state index is 13.3. The van der Waals surface area contributed by atoms with E-state index in [0.29, 0.717) is 5.52 Å². The molecule has 4 rings (SSSR count). The van der Waals surface area contributed by atoms with Crippen LogP contribution in [0.15, 0.2) is 60.8 Å². The Kier molecular flexibility index (Phi) is 4.95. The quantitative estimate of drug-likeness (QED) is 0.463. The second-order valence-electron chi connectivity index (χ2n) is 6.56. The van der Waals surface area contributed by atoms with Gasteiger partial charge in [0.25, 0.3) is 5.91 Å². The number of nitrogens with one attached hydrogen (secondary N) is 1. The number of fused-ring (bicyclic) bond motifs is 1. The number of carbonyl (C=O) groups is 1. The molecule has 0 saturated heterocycles. The Morgan fingerprint density at radius 3 is 2.63 bits per heavy atom. The van der Waals surface area contributed by atoms with E-state index < -0.39 is 17.6 Å². The van der Waals surface area contributed by atoms with Crippen molar-refractivity contribution < 1.29 is 18.0 Å². The van der Waals surface area contributed by atoms with Gasteiger partial charge >= 0.3 is 6.18 Å². The van der Waals surface area contributed by atoms with Gasteiger partial charge in [-0.05, 0) is 24.3 Å². The zero-order valence-electron chi connectivity index (χ0n) is 15.5. The third-order valence-electron chi connectivity index (χ3n) is 4.57. The van der Waals surface area contributed by atoms with Crippen LogP contribution in [-0.4, -0.2) is 20.7 Å². The van der Waals surface area contributed by atoms with Crippen molar-refractivity contribution in [2.45, 2.75) is 6.18 Å². The predicted octanol–water partition coefficient (Wildman–Crippen LogP) is 5.56. The second-order valence-corrected chi connectivity index (χ2v) is 6.97. The van der Waals surface area contributed by atoms with Gasteiger partial charge in [-0.2, -0.15) is 18.3 Å². The Bertz CT molecular complexity index is 1270. The molecule has 0 aliphatic rings. The fourth-order valence-electron chi connectivity index (χ4n) is 3.12. The highest BCUT2D eigenvalue weighted by Crippen LogP contribution is 2.37. The molecule has 30 heavy (non-hydrogen) atoms. The summed E-state index contributed by atoms with van der Waals surface area (Å²) in [5, 5.41) is 7.80. The van der Waals surface area contributed by atoms with Crippen LogP contribution < -0.4 is 5.32 Å². The first-order valence-electron chi connectivity index (χ1n) is 8.80. The highest BCUT2D eigenvalue weighted by molar-refractivity contribution is 6.35. The van der Waals surface area contributed by atoms with Gasteiger partial charge in [-0.3, -0.25) is 14.5 Å². The van der Waals surface area contributed by atoms with Gasteiger partial charge in [0.2, 0.25) is 0 Å². The molecule has 5 nitrogen and oxygen atoms in total. The van der Waals surface area contributed by atoms with Crippen LogP contribution in [0, 0.1) is 0 Å². The number of benzene rings is 2. The van der Waals surface area contributed by atoms with Crippen LogP contribution in [0.4, 0.5) is 19.0 Å². The largest absolute Gasteiger partial charge is 0.417 e. The molecule has 0 fully saturated rings. The molecule has 152 valence electrons. The van der Waals surface area contributed by atoms with Crippen molar-refractivity contribution in [3.63, 3.8) is 0 Å². The van der Waals surface area contributed by atoms with Gasteiger partial charge in [-0.25, -0.2) is 0 Å². The van der Waals surface area contributed by atoms with Crippen molar-refractivity contribution in [3.05, 3.63) is 76.9 Å². The summed E-state index contributed by atoms with van der Waals surface area (Å²) in [5.74, 6) is -0.296. The first kappa shape index (κ1) is 19.9. The van der Waals surface area contributed by atoms with Crippen LogP contribution in [0.25, 0.3) is 22.2 Å². The van der Waals surface area contributed by atoms with E-state index in [4.69, 9.17) is 11.6 Å². The molecule has 9 heteroatoms. The minimum absolute atomic E-state index is 0.0750. The number of halogens is 4. The van der Waals surface area contributed by atoms with Gasteiger partial charge in [0.15, 0.2) is 0 Å². The van der Waals surface area contributed by atoms with E-state index in [9.17, 15) is 18.0 Å². The molecule has 0 aliphatic carbocycles. The number of aryl methyl sites for hydroxylation is 1. The van der Waals surface area contributed by atoms with Crippen molar-refractivity contribution in [1.29, 1.82) is 0 Å². The summed E-state index contributed by atoms with van der Waals surface area (Å²) in [6.07, 6.45) is -2.92. The first-order chi connectivity index (χ1) is 14.2. The monoisotopic (exact) mass is 430 g/mol. The maximum absolute atomic E-state index is 13.3. The second kappa shape index (κ2) is 7.46. The molecule has 0 spiro atoms. The Hall–Kier alpha value is -3.39. The third-order valence-corrected chi connectivity index (χ3v) is 4.88. The summed E-state index contributed by atoms with van der Waals surface area (Å²) in [7, 11) is 1.53. The number of nitrogens with zero attached hydrogens (tertiary/aromatic N) is 3. The van der Waals surface area contributed by atoms with E-state index in [1.165, 1.54) is 36.0 Å². The minimum atomic E-state index is -4.52. The highest BCUT2D eigenvalue weighted by Gasteiger charge is 2.34. The summed E-state index contributed by atoms with van der Waals surface area (Å²) in [6.45, 7) is 0. The SMILES string of the molecule is Cn1nc(-c2ccccc2C(F)(F)F)cc1NC(=O)c1cc2ncccc2cc1Cl. The summed E-state index contributed by atoms with van der Waals surface area (Å²) < 4.78 is 41.3. The smallest absolute Gasteiger partial charge is 0.307 e. The number of carbonyl (C=O) groups excluding carboxylic acids is 1. The average Bonchev–Trinajstić information content (AvgIpc) is 3.07. The number of alkyl halides is 3. The number of pyridine rings is 1. The molecule has 0 bridgehead atoms. The number of aromatic nitrogens is 3. The highest BCUT2D eigenvalue weighted by atomic mass is 35.5. The van der Waals surface area contributed by atoms with Gasteiger partial charge in [0.1, 0.15) is 5.82 Å². The van der Waals surface area contributed by atoms with Gasteiger partial charge in [0.05, 0.1) is 27.4 Å². The predicted molar refractivity (Wildman–Crippen MR) is 108 cm³/mol. The van der Waals surface area contributed by atoms with Crippen molar-refractivity contribution >= 4 is 34.2 Å². The maximum Gasteiger partial charge on any atom is 0.417 e. The normalized spacial score (nSPS) is 11.6. The van der Waals surface area contributed by atoms with E-state index in [1.54, 1.807) is 24.4 Å². The van der Waals surface area contributed by atoms with Gasteiger partial charge < -0.3 is 5.32 Å². The zero-order chi connectivity index (χ0) is 21.5. The molecule has 0 atom stereocenters. The Morgan fingerprint density at radius 2 is 1.87 bits per heavy atom. The molecule has 2 aromatic heterocycles. The Morgan fingerprint density at radius 1 is 1.10 bits per heavy atom. The lowest BCUT2D eigenvalue weighted by Crippen LogP contribution is -2.15. The number of rotatable bonds is 3. The van der Waals surface area contributed by atoms with Crippen LogP contribution in [0.2, 0.25) is 5.02 Å². The minimum Gasteiger partial charge on any atom is -0.307 e. The van der Waals surface area contributed by atoms with Crippen LogP contribution in [-0.2, 0) is 13.2 Å². The number of hydrogen-bond donors (Lipinski definition) is 1. The molecule has 0 unspecified atom stereocenters. The standard InChI is InChI=1S/C21H14ClF3N4O/c1-29-19(11-18(28-29)13-6-2-3-7-15(13)21(23,24)25)27-20(30)14-10-17-12(9-16(14)22)5-4-8-26-17/h2-11H,1H3,(H,27,30). The lowest BCUT2D eigenvalue weighted by molar-refractivity contribution is -0.137. The molecule has 1 N–H and O–H groups in total. The molecular formula is C21H14ClF3N4O. The van der Waals surface area contributed by atoms with Crippen molar-refractivity contribution in [3.8, 4) is 11.3 Å². The fraction of sp³-hybridized carbons (Fsp3) is 0.0952. The molecular weight excluding hydrogens is 417 g/mol. The Balaban J connectivity index is 1.67. The van der Waals surface area contributed by atoms with Crippen LogP contribution in [0.5, 0.6) is 0 Å². The average molecular weight is 431 g/mol. The number of anilines is 1. The van der Waals surface area contributed by atoms with E-state index in [-0.39, 0.29) is 27.7 Å². The van der Waals surface area contributed by atoms with Crippen molar-refractivity contribution in [1.82, 2.24) is 14.8 Å². The first-order valence-corrected chi connectivity index (χ1v) is 9.18. The van der Waals surface area contributed by atoms with E-state index >= 15 is 0 Å². The van der Waals surface area contributed by atoms with Gasteiger partial charge in [-0.15, -0.1) is 0 Å². The lowest BCUT2D eigenvalue weighted by atomic mass is 10.0. The number of hydrogen-bond acceptors (Lipinski definition) is 3. The van der Waals surface area contributed by atoms with Crippen LogP contribution >= 0.6 is 11.6 Å². The molecule has 2 heterocycles. The van der Waals surface area contributed by atoms with Crippen molar-refractivity contribution in [2.24, 2.45) is 7.05 Å². The van der Waals surface area contributed by atoms with Gasteiger partial charge in [-0.1, -0.05) is 35.9 Å².